The van der Waals surface area contributed by atoms with Gasteiger partial charge < -0.3 is 9.88 Å². The zero-order chi connectivity index (χ0) is 19.5. The van der Waals surface area contributed by atoms with Crippen molar-refractivity contribution in [2.75, 3.05) is 5.32 Å². The molecule has 0 aliphatic carbocycles. The van der Waals surface area contributed by atoms with Gasteiger partial charge in [0.15, 0.2) is 5.82 Å². The van der Waals surface area contributed by atoms with Gasteiger partial charge in [-0.25, -0.2) is 9.07 Å². The Morgan fingerprint density at radius 3 is 2.36 bits per heavy atom. The predicted octanol–water partition coefficient (Wildman–Crippen LogP) is 4.62. The summed E-state index contributed by atoms with van der Waals surface area (Å²) in [5.41, 5.74) is 3.00. The molecule has 0 atom stereocenters. The van der Waals surface area contributed by atoms with Crippen molar-refractivity contribution < 1.29 is 9.18 Å². The molecule has 0 unspecified atom stereocenters. The van der Waals surface area contributed by atoms with Crippen LogP contribution in [0.25, 0.3) is 11.5 Å². The molecule has 0 saturated carbocycles. The van der Waals surface area contributed by atoms with E-state index in [-0.39, 0.29) is 11.7 Å². The molecule has 4 aromatic rings. The van der Waals surface area contributed by atoms with Crippen LogP contribution in [0.5, 0.6) is 0 Å². The molecule has 1 N–H and O–H groups in total. The van der Waals surface area contributed by atoms with Crippen molar-refractivity contribution in [3.05, 3.63) is 96.2 Å². The highest BCUT2D eigenvalue weighted by Crippen LogP contribution is 2.21. The molecule has 0 fully saturated rings. The van der Waals surface area contributed by atoms with E-state index in [4.69, 9.17) is 0 Å². The molecule has 2 aromatic heterocycles. The second-order valence-electron chi connectivity index (χ2n) is 6.36. The number of aryl methyl sites for hydroxylation is 1. The fourth-order valence-electron chi connectivity index (χ4n) is 3.02. The molecule has 0 bridgehead atoms. The van der Waals surface area contributed by atoms with Crippen LogP contribution in [-0.2, 0) is 6.42 Å². The Morgan fingerprint density at radius 2 is 1.71 bits per heavy atom. The Kier molecular flexibility index (Phi) is 4.76. The minimum absolute atomic E-state index is 0.263. The average molecular weight is 374 g/mol. The largest absolute Gasteiger partial charge is 0.322 e. The first-order valence-corrected chi connectivity index (χ1v) is 9.03. The summed E-state index contributed by atoms with van der Waals surface area (Å²) in [5.74, 6) is -0.00694. The highest BCUT2D eigenvalue weighted by Gasteiger charge is 2.20. The van der Waals surface area contributed by atoms with E-state index in [0.29, 0.717) is 17.1 Å². The number of benzene rings is 2. The number of hydrogen-bond acceptors (Lipinski definition) is 2. The molecule has 0 aliphatic heterocycles. The van der Waals surface area contributed by atoms with Crippen LogP contribution in [-0.4, -0.2) is 20.3 Å². The molecule has 0 spiro atoms. The van der Waals surface area contributed by atoms with E-state index in [0.717, 1.165) is 12.1 Å². The average Bonchev–Trinajstić information content (AvgIpc) is 3.38. The summed E-state index contributed by atoms with van der Waals surface area (Å²) in [7, 11) is 0. The standard InChI is InChI=1S/C22H19FN4O/c1-2-16-5-9-18(10-6-16)25-21(28)20-15-24-27(19-11-7-17(23)8-12-19)22(20)26-13-3-4-14-26/h3-15H,2H2,1H3,(H,25,28). The molecule has 0 saturated heterocycles. The zero-order valence-corrected chi connectivity index (χ0v) is 15.3. The predicted molar refractivity (Wildman–Crippen MR) is 107 cm³/mol. The minimum Gasteiger partial charge on any atom is -0.322 e. The molecular weight excluding hydrogens is 355 g/mol. The molecule has 4 rings (SSSR count). The van der Waals surface area contributed by atoms with Gasteiger partial charge in [0.25, 0.3) is 5.91 Å². The summed E-state index contributed by atoms with van der Waals surface area (Å²) in [6.07, 6.45) is 6.14. The van der Waals surface area contributed by atoms with Crippen molar-refractivity contribution in [2.24, 2.45) is 0 Å². The van der Waals surface area contributed by atoms with Crippen molar-refractivity contribution in [1.82, 2.24) is 14.3 Å². The molecule has 28 heavy (non-hydrogen) atoms. The van der Waals surface area contributed by atoms with Crippen molar-refractivity contribution in [2.45, 2.75) is 13.3 Å². The van der Waals surface area contributed by atoms with Crippen molar-refractivity contribution in [3.8, 4) is 11.5 Å². The molecule has 0 radical (unpaired) electrons. The molecule has 0 aliphatic rings. The molecule has 2 aromatic carbocycles. The van der Waals surface area contributed by atoms with Gasteiger partial charge in [0.2, 0.25) is 0 Å². The highest BCUT2D eigenvalue weighted by atomic mass is 19.1. The second-order valence-corrected chi connectivity index (χ2v) is 6.36. The SMILES string of the molecule is CCc1ccc(NC(=O)c2cnn(-c3ccc(F)cc3)c2-n2cccc2)cc1. The van der Waals surface area contributed by atoms with Crippen LogP contribution in [0, 0.1) is 5.82 Å². The fraction of sp³-hybridized carbons (Fsp3) is 0.0909. The van der Waals surface area contributed by atoms with Gasteiger partial charge in [-0.15, -0.1) is 0 Å². The number of hydrogen-bond donors (Lipinski definition) is 1. The lowest BCUT2D eigenvalue weighted by Gasteiger charge is -2.11. The Morgan fingerprint density at radius 1 is 1.04 bits per heavy atom. The van der Waals surface area contributed by atoms with Crippen LogP contribution in [0.1, 0.15) is 22.8 Å². The molecule has 140 valence electrons. The van der Waals surface area contributed by atoms with Crippen LogP contribution < -0.4 is 5.32 Å². The zero-order valence-electron chi connectivity index (χ0n) is 15.3. The molecular formula is C22H19FN4O. The van der Waals surface area contributed by atoms with Crippen molar-refractivity contribution >= 4 is 11.6 Å². The van der Waals surface area contributed by atoms with Gasteiger partial charge in [0.05, 0.1) is 11.9 Å². The highest BCUT2D eigenvalue weighted by molar-refractivity contribution is 6.06. The third-order valence-corrected chi connectivity index (χ3v) is 4.53. The Labute approximate surface area is 162 Å². The number of rotatable bonds is 5. The molecule has 5 nitrogen and oxygen atoms in total. The topological polar surface area (TPSA) is 51.9 Å². The summed E-state index contributed by atoms with van der Waals surface area (Å²) in [6.45, 7) is 2.08. The van der Waals surface area contributed by atoms with E-state index in [1.54, 1.807) is 16.8 Å². The number of carbonyl (C=O) groups is 1. The summed E-state index contributed by atoms with van der Waals surface area (Å²) in [4.78, 5) is 12.9. The number of carbonyl (C=O) groups excluding carboxylic acids is 1. The van der Waals surface area contributed by atoms with Crippen LogP contribution >= 0.6 is 0 Å². The van der Waals surface area contributed by atoms with Crippen LogP contribution in [0.2, 0.25) is 0 Å². The van der Waals surface area contributed by atoms with E-state index in [1.807, 2.05) is 53.4 Å². The first-order valence-electron chi connectivity index (χ1n) is 9.03. The second kappa shape index (κ2) is 7.52. The summed E-state index contributed by atoms with van der Waals surface area (Å²) in [6, 6.07) is 17.5. The quantitative estimate of drug-likeness (QED) is 0.554. The van der Waals surface area contributed by atoms with Gasteiger partial charge in [-0.3, -0.25) is 4.79 Å². The van der Waals surface area contributed by atoms with Gasteiger partial charge >= 0.3 is 0 Å². The minimum atomic E-state index is -0.327. The maximum absolute atomic E-state index is 13.3. The van der Waals surface area contributed by atoms with Crippen molar-refractivity contribution in [1.29, 1.82) is 0 Å². The Balaban J connectivity index is 1.72. The van der Waals surface area contributed by atoms with Gasteiger partial charge in [0, 0.05) is 18.1 Å². The Bertz CT molecular complexity index is 1080. The van der Waals surface area contributed by atoms with Crippen LogP contribution in [0.3, 0.4) is 0 Å². The number of amides is 1. The fourth-order valence-corrected chi connectivity index (χ4v) is 3.02. The summed E-state index contributed by atoms with van der Waals surface area (Å²) >= 11 is 0. The first-order chi connectivity index (χ1) is 13.7. The smallest absolute Gasteiger partial charge is 0.261 e. The number of nitrogens with one attached hydrogen (secondary N) is 1. The van der Waals surface area contributed by atoms with Gasteiger partial charge in [-0.05, 0) is 60.5 Å². The van der Waals surface area contributed by atoms with Crippen LogP contribution in [0.15, 0.2) is 79.3 Å². The number of anilines is 1. The molecule has 1 amide bonds. The molecule has 2 heterocycles. The lowest BCUT2D eigenvalue weighted by molar-refractivity contribution is 0.102. The van der Waals surface area contributed by atoms with E-state index in [1.165, 1.54) is 23.9 Å². The van der Waals surface area contributed by atoms with Gasteiger partial charge in [0.1, 0.15) is 11.4 Å². The first kappa shape index (κ1) is 17.7. The maximum atomic E-state index is 13.3. The van der Waals surface area contributed by atoms with E-state index in [2.05, 4.69) is 17.3 Å². The lowest BCUT2D eigenvalue weighted by Crippen LogP contribution is -2.15. The number of halogens is 1. The summed E-state index contributed by atoms with van der Waals surface area (Å²) < 4.78 is 16.7. The lowest BCUT2D eigenvalue weighted by atomic mass is 10.1. The van der Waals surface area contributed by atoms with Crippen molar-refractivity contribution in [3.63, 3.8) is 0 Å². The van der Waals surface area contributed by atoms with Gasteiger partial charge in [-0.1, -0.05) is 19.1 Å². The van der Waals surface area contributed by atoms with Gasteiger partial charge in [-0.2, -0.15) is 5.10 Å². The molecule has 6 heteroatoms. The van der Waals surface area contributed by atoms with E-state index in [9.17, 15) is 9.18 Å². The summed E-state index contributed by atoms with van der Waals surface area (Å²) in [5, 5.41) is 7.29. The monoisotopic (exact) mass is 374 g/mol. The van der Waals surface area contributed by atoms with E-state index < -0.39 is 0 Å². The number of nitrogens with zero attached hydrogens (tertiary/aromatic N) is 3. The normalized spacial score (nSPS) is 10.8. The van der Waals surface area contributed by atoms with Crippen LogP contribution in [0.4, 0.5) is 10.1 Å². The Hall–Kier alpha value is -3.67. The maximum Gasteiger partial charge on any atom is 0.261 e. The third kappa shape index (κ3) is 3.44. The number of aromatic nitrogens is 3. The third-order valence-electron chi connectivity index (χ3n) is 4.53. The van der Waals surface area contributed by atoms with E-state index >= 15 is 0 Å².